The molecule has 0 atom stereocenters. The van der Waals surface area contributed by atoms with E-state index in [2.05, 4.69) is 28.8 Å². The maximum atomic E-state index is 12.0. The second kappa shape index (κ2) is 11.4. The van der Waals surface area contributed by atoms with Crippen molar-refractivity contribution >= 4 is 10.2 Å². The van der Waals surface area contributed by atoms with Crippen LogP contribution in [0.15, 0.2) is 0 Å². The molecule has 122 valence electrons. The van der Waals surface area contributed by atoms with Gasteiger partial charge in [-0.3, -0.25) is 0 Å². The first-order chi connectivity index (χ1) is 9.47. The summed E-state index contributed by atoms with van der Waals surface area (Å²) in [6.07, 6.45) is 1.91. The Bertz CT molecular complexity index is 322. The molecule has 0 unspecified atom stereocenters. The largest absolute Gasteiger partial charge is 0.317 e. The second-order valence-corrected chi connectivity index (χ2v) is 6.72. The summed E-state index contributed by atoms with van der Waals surface area (Å²) in [6, 6.07) is 0. The molecule has 0 aromatic heterocycles. The average molecular weight is 308 g/mol. The van der Waals surface area contributed by atoms with Crippen molar-refractivity contribution in [2.24, 2.45) is 0 Å². The van der Waals surface area contributed by atoms with Crippen molar-refractivity contribution in [1.29, 1.82) is 0 Å². The summed E-state index contributed by atoms with van der Waals surface area (Å²) >= 11 is 0. The molecule has 0 spiro atoms. The highest BCUT2D eigenvalue weighted by atomic mass is 32.2. The van der Waals surface area contributed by atoms with Crippen LogP contribution in [0.5, 0.6) is 0 Å². The summed E-state index contributed by atoms with van der Waals surface area (Å²) < 4.78 is 28.0. The van der Waals surface area contributed by atoms with Crippen LogP contribution in [0.25, 0.3) is 0 Å². The van der Waals surface area contributed by atoms with Crippen molar-refractivity contribution < 1.29 is 8.42 Å². The van der Waals surface area contributed by atoms with Crippen molar-refractivity contribution in [3.05, 3.63) is 0 Å². The third kappa shape index (κ3) is 8.86. The Balaban J connectivity index is 3.98. The van der Waals surface area contributed by atoms with Crippen molar-refractivity contribution in [3.8, 4) is 0 Å². The van der Waals surface area contributed by atoms with E-state index in [1.54, 1.807) is 7.05 Å². The first kappa shape index (κ1) is 19.8. The van der Waals surface area contributed by atoms with E-state index >= 15 is 0 Å². The molecule has 6 nitrogen and oxygen atoms in total. The molecule has 2 N–H and O–H groups in total. The molecule has 0 aliphatic heterocycles. The summed E-state index contributed by atoms with van der Waals surface area (Å²) in [4.78, 5) is 2.24. The van der Waals surface area contributed by atoms with Gasteiger partial charge in [0.1, 0.15) is 0 Å². The van der Waals surface area contributed by atoms with Crippen LogP contribution < -0.4 is 10.0 Å². The number of rotatable bonds is 13. The minimum absolute atomic E-state index is 0.466. The predicted molar refractivity (Wildman–Crippen MR) is 85.1 cm³/mol. The Morgan fingerprint density at radius 2 is 1.70 bits per heavy atom. The fraction of sp³-hybridized carbons (Fsp3) is 1.00. The molecule has 0 aromatic rings. The van der Waals surface area contributed by atoms with E-state index in [1.165, 1.54) is 4.31 Å². The number of nitrogens with one attached hydrogen (secondary N) is 2. The first-order valence-corrected chi connectivity index (χ1v) is 9.05. The summed E-state index contributed by atoms with van der Waals surface area (Å²) in [5, 5.41) is 3.19. The summed E-state index contributed by atoms with van der Waals surface area (Å²) in [5.74, 6) is 0. The normalized spacial score (nSPS) is 12.5. The maximum Gasteiger partial charge on any atom is 0.279 e. The SMILES string of the molecule is CCCN(CC)CCNS(=O)(=O)N(C)CCCNCC. The maximum absolute atomic E-state index is 12.0. The molecule has 0 aliphatic rings. The van der Waals surface area contributed by atoms with E-state index < -0.39 is 10.2 Å². The minimum Gasteiger partial charge on any atom is -0.317 e. The molecule has 0 amide bonds. The van der Waals surface area contributed by atoms with Crippen LogP contribution in [-0.4, -0.2) is 70.5 Å². The molecule has 0 aliphatic carbocycles. The summed E-state index contributed by atoms with van der Waals surface area (Å²) in [7, 11) is -1.71. The van der Waals surface area contributed by atoms with E-state index in [9.17, 15) is 8.42 Å². The van der Waals surface area contributed by atoms with Crippen molar-refractivity contribution in [2.45, 2.75) is 33.6 Å². The first-order valence-electron chi connectivity index (χ1n) is 7.61. The van der Waals surface area contributed by atoms with Crippen molar-refractivity contribution in [2.75, 3.05) is 52.9 Å². The highest BCUT2D eigenvalue weighted by molar-refractivity contribution is 7.87. The van der Waals surface area contributed by atoms with Gasteiger partial charge in [-0.25, -0.2) is 4.72 Å². The zero-order valence-electron chi connectivity index (χ0n) is 13.5. The molecule has 0 rings (SSSR count). The van der Waals surface area contributed by atoms with E-state index in [-0.39, 0.29) is 0 Å². The number of hydrogen-bond acceptors (Lipinski definition) is 4. The molecule has 7 heteroatoms. The minimum atomic E-state index is -3.34. The van der Waals surface area contributed by atoms with Crippen LogP contribution in [0.3, 0.4) is 0 Å². The molecule has 0 bridgehead atoms. The number of nitrogens with zero attached hydrogens (tertiary/aromatic N) is 2. The van der Waals surface area contributed by atoms with Crippen LogP contribution >= 0.6 is 0 Å². The van der Waals surface area contributed by atoms with E-state index in [0.29, 0.717) is 13.1 Å². The molecular formula is C13H32N4O2S. The van der Waals surface area contributed by atoms with Gasteiger partial charge < -0.3 is 10.2 Å². The highest BCUT2D eigenvalue weighted by Crippen LogP contribution is 1.96. The van der Waals surface area contributed by atoms with Gasteiger partial charge >= 0.3 is 0 Å². The Hall–Kier alpha value is -0.210. The number of likely N-dealkylation sites (N-methyl/N-ethyl adjacent to an activating group) is 1. The van der Waals surface area contributed by atoms with Gasteiger partial charge in [-0.15, -0.1) is 0 Å². The van der Waals surface area contributed by atoms with Crippen LogP contribution in [0.4, 0.5) is 0 Å². The molecule has 20 heavy (non-hydrogen) atoms. The third-order valence-electron chi connectivity index (χ3n) is 3.19. The van der Waals surface area contributed by atoms with Crippen LogP contribution in [-0.2, 0) is 10.2 Å². The van der Waals surface area contributed by atoms with Gasteiger partial charge in [0.05, 0.1) is 0 Å². The van der Waals surface area contributed by atoms with E-state index in [0.717, 1.165) is 45.6 Å². The van der Waals surface area contributed by atoms with Crippen LogP contribution in [0, 0.1) is 0 Å². The van der Waals surface area contributed by atoms with Gasteiger partial charge in [0.15, 0.2) is 0 Å². The van der Waals surface area contributed by atoms with Gasteiger partial charge in [-0.1, -0.05) is 20.8 Å². The van der Waals surface area contributed by atoms with E-state index in [4.69, 9.17) is 0 Å². The molecule has 0 saturated carbocycles. The monoisotopic (exact) mass is 308 g/mol. The van der Waals surface area contributed by atoms with Gasteiger partial charge in [0.2, 0.25) is 0 Å². The zero-order valence-corrected chi connectivity index (χ0v) is 14.3. The lowest BCUT2D eigenvalue weighted by molar-refractivity contribution is 0.292. The van der Waals surface area contributed by atoms with Crippen molar-refractivity contribution in [1.82, 2.24) is 19.2 Å². The molecule has 0 radical (unpaired) electrons. The molecule has 0 fully saturated rings. The topological polar surface area (TPSA) is 64.7 Å². The standard InChI is InChI=1S/C13H32N4O2S/c1-5-11-17(7-3)13-10-15-20(18,19)16(4)12-8-9-14-6-2/h14-15H,5-13H2,1-4H3. The summed E-state index contributed by atoms with van der Waals surface area (Å²) in [6.45, 7) is 11.7. The third-order valence-corrected chi connectivity index (χ3v) is 4.76. The fourth-order valence-corrected chi connectivity index (χ4v) is 2.85. The predicted octanol–water partition coefficient (Wildman–Crippen LogP) is 0.484. The second-order valence-electron chi connectivity index (χ2n) is 4.86. The van der Waals surface area contributed by atoms with Gasteiger partial charge in [0.25, 0.3) is 10.2 Å². The number of hydrogen-bond donors (Lipinski definition) is 2. The molecule has 0 saturated heterocycles. The Morgan fingerprint density at radius 3 is 2.25 bits per heavy atom. The van der Waals surface area contributed by atoms with Gasteiger partial charge in [-0.2, -0.15) is 12.7 Å². The zero-order chi connectivity index (χ0) is 15.4. The lowest BCUT2D eigenvalue weighted by Gasteiger charge is -2.21. The smallest absolute Gasteiger partial charge is 0.279 e. The fourth-order valence-electron chi connectivity index (χ4n) is 1.91. The van der Waals surface area contributed by atoms with Crippen LogP contribution in [0.2, 0.25) is 0 Å². The quantitative estimate of drug-likeness (QED) is 0.486. The molecular weight excluding hydrogens is 276 g/mol. The molecule has 0 aromatic carbocycles. The lowest BCUT2D eigenvalue weighted by Crippen LogP contribution is -2.42. The Kier molecular flexibility index (Phi) is 11.3. The highest BCUT2D eigenvalue weighted by Gasteiger charge is 2.16. The Labute approximate surface area is 125 Å². The van der Waals surface area contributed by atoms with Crippen molar-refractivity contribution in [3.63, 3.8) is 0 Å². The average Bonchev–Trinajstić information content (AvgIpc) is 2.42. The van der Waals surface area contributed by atoms with Crippen LogP contribution in [0.1, 0.15) is 33.6 Å². The lowest BCUT2D eigenvalue weighted by atomic mass is 10.4. The van der Waals surface area contributed by atoms with Gasteiger partial charge in [0, 0.05) is 26.7 Å². The van der Waals surface area contributed by atoms with Gasteiger partial charge in [-0.05, 0) is 39.0 Å². The molecule has 0 heterocycles. The Morgan fingerprint density at radius 1 is 1.00 bits per heavy atom. The van der Waals surface area contributed by atoms with E-state index in [1.807, 2.05) is 6.92 Å². The summed E-state index contributed by atoms with van der Waals surface area (Å²) in [5.41, 5.74) is 0.